The maximum Gasteiger partial charge on any atom is 0.343 e. The zero-order chi connectivity index (χ0) is 27.4. The molecule has 8 nitrogen and oxygen atoms in total. The Labute approximate surface area is 228 Å². The fourth-order valence-electron chi connectivity index (χ4n) is 3.84. The van der Waals surface area contributed by atoms with Gasteiger partial charge in [0.15, 0.2) is 5.78 Å². The summed E-state index contributed by atoms with van der Waals surface area (Å²) in [4.78, 5) is 64.2. The molecule has 0 N–H and O–H groups in total. The van der Waals surface area contributed by atoms with E-state index in [0.29, 0.717) is 22.0 Å². The van der Waals surface area contributed by atoms with Gasteiger partial charge in [-0.3, -0.25) is 19.2 Å². The Bertz CT molecular complexity index is 1400. The Balaban J connectivity index is 1.54. The standard InChI is InChI=1S/C28H22Cl2N2O6/c1-17-5-7-19(8-6-17)28(37)38-21-12-9-18(10-13-21)24(33)16-31(32-25(34)3-2-4-26(32)35)27(36)22-14-11-20(29)15-23(22)30/h5-15H,2-4,16H2,1H3. The van der Waals surface area contributed by atoms with Gasteiger partial charge in [-0.1, -0.05) is 40.9 Å². The second kappa shape index (κ2) is 11.6. The van der Waals surface area contributed by atoms with Crippen molar-refractivity contribution < 1.29 is 28.7 Å². The van der Waals surface area contributed by atoms with Gasteiger partial charge in [-0.25, -0.2) is 9.80 Å². The van der Waals surface area contributed by atoms with Gasteiger partial charge in [0.2, 0.25) is 11.8 Å². The van der Waals surface area contributed by atoms with Crippen molar-refractivity contribution in [1.82, 2.24) is 10.0 Å². The molecule has 1 fully saturated rings. The normalized spacial score (nSPS) is 13.3. The number of carbonyl (C=O) groups is 5. The number of imide groups is 1. The number of hydrogen-bond acceptors (Lipinski definition) is 6. The molecule has 0 spiro atoms. The Morgan fingerprint density at radius 2 is 1.47 bits per heavy atom. The highest BCUT2D eigenvalue weighted by Crippen LogP contribution is 2.25. The number of ether oxygens (including phenoxy) is 1. The van der Waals surface area contributed by atoms with Crippen molar-refractivity contribution in [3.8, 4) is 5.75 Å². The maximum absolute atomic E-state index is 13.4. The van der Waals surface area contributed by atoms with E-state index in [0.717, 1.165) is 10.6 Å². The number of piperidine rings is 1. The molecule has 3 aromatic rings. The number of rotatable bonds is 7. The van der Waals surface area contributed by atoms with Crippen LogP contribution in [-0.2, 0) is 9.59 Å². The Morgan fingerprint density at radius 1 is 0.868 bits per heavy atom. The van der Waals surface area contributed by atoms with Crippen LogP contribution in [0.3, 0.4) is 0 Å². The molecular weight excluding hydrogens is 531 g/mol. The third-order valence-corrected chi connectivity index (χ3v) is 6.41. The molecule has 4 rings (SSSR count). The largest absolute Gasteiger partial charge is 0.423 e. The van der Waals surface area contributed by atoms with E-state index in [1.807, 2.05) is 6.92 Å². The van der Waals surface area contributed by atoms with Crippen LogP contribution in [0.25, 0.3) is 0 Å². The topological polar surface area (TPSA) is 101 Å². The van der Waals surface area contributed by atoms with Gasteiger partial charge in [-0.05, 0) is 67.9 Å². The number of aryl methyl sites for hydroxylation is 1. The smallest absolute Gasteiger partial charge is 0.343 e. The molecule has 0 saturated carbocycles. The number of amides is 3. The Kier molecular flexibility index (Phi) is 8.24. The van der Waals surface area contributed by atoms with E-state index < -0.39 is 36.0 Å². The fourth-order valence-corrected chi connectivity index (χ4v) is 4.33. The molecule has 0 aromatic heterocycles. The monoisotopic (exact) mass is 552 g/mol. The van der Waals surface area contributed by atoms with Crippen LogP contribution < -0.4 is 4.74 Å². The summed E-state index contributed by atoms with van der Waals surface area (Å²) in [5.41, 5.74) is 1.54. The molecule has 0 aliphatic carbocycles. The minimum absolute atomic E-state index is 0.0107. The first kappa shape index (κ1) is 27.0. The predicted octanol–water partition coefficient (Wildman–Crippen LogP) is 5.30. The average molecular weight is 553 g/mol. The lowest BCUT2D eigenvalue weighted by atomic mass is 10.1. The highest BCUT2D eigenvalue weighted by Gasteiger charge is 2.36. The number of hydrogen-bond donors (Lipinski definition) is 0. The number of esters is 1. The Morgan fingerprint density at radius 3 is 2.08 bits per heavy atom. The van der Waals surface area contributed by atoms with E-state index in [-0.39, 0.29) is 34.7 Å². The molecule has 10 heteroatoms. The minimum atomic E-state index is -0.799. The van der Waals surface area contributed by atoms with E-state index in [1.165, 1.54) is 42.5 Å². The lowest BCUT2D eigenvalue weighted by molar-refractivity contribution is -0.162. The van der Waals surface area contributed by atoms with Gasteiger partial charge in [-0.2, -0.15) is 5.01 Å². The summed E-state index contributed by atoms with van der Waals surface area (Å²) >= 11 is 12.1. The van der Waals surface area contributed by atoms with E-state index in [2.05, 4.69) is 0 Å². The number of hydrazine groups is 1. The van der Waals surface area contributed by atoms with Crippen LogP contribution in [0, 0.1) is 6.92 Å². The SMILES string of the molecule is Cc1ccc(C(=O)Oc2ccc(C(=O)CN(C(=O)c3ccc(Cl)cc3Cl)N3C(=O)CCCC3=O)cc2)cc1. The van der Waals surface area contributed by atoms with Crippen molar-refractivity contribution in [1.29, 1.82) is 0 Å². The Hall–Kier alpha value is -4.01. The first-order valence-corrected chi connectivity index (χ1v) is 12.4. The first-order valence-electron chi connectivity index (χ1n) is 11.7. The summed E-state index contributed by atoms with van der Waals surface area (Å²) in [6.07, 6.45) is 0.465. The van der Waals surface area contributed by atoms with Crippen LogP contribution in [0.2, 0.25) is 10.0 Å². The number of carbonyl (C=O) groups excluding carboxylic acids is 5. The van der Waals surface area contributed by atoms with Crippen LogP contribution in [0.4, 0.5) is 0 Å². The molecule has 0 unspecified atom stereocenters. The van der Waals surface area contributed by atoms with Gasteiger partial charge < -0.3 is 4.74 Å². The number of halogens is 2. The number of nitrogens with zero attached hydrogens (tertiary/aromatic N) is 2. The predicted molar refractivity (Wildman–Crippen MR) is 140 cm³/mol. The molecule has 3 aromatic carbocycles. The third-order valence-electron chi connectivity index (χ3n) is 5.86. The molecule has 3 amide bonds. The van der Waals surface area contributed by atoms with E-state index in [4.69, 9.17) is 27.9 Å². The van der Waals surface area contributed by atoms with Crippen LogP contribution in [0.1, 0.15) is 55.9 Å². The van der Waals surface area contributed by atoms with Crippen molar-refractivity contribution >= 4 is 52.7 Å². The molecular formula is C28H22Cl2N2O6. The average Bonchev–Trinajstić information content (AvgIpc) is 2.88. The van der Waals surface area contributed by atoms with Crippen molar-refractivity contribution in [2.75, 3.05) is 6.54 Å². The van der Waals surface area contributed by atoms with Crippen molar-refractivity contribution in [3.05, 3.63) is 99.0 Å². The summed E-state index contributed by atoms with van der Waals surface area (Å²) < 4.78 is 5.36. The first-order chi connectivity index (χ1) is 18.1. The van der Waals surface area contributed by atoms with Crippen LogP contribution >= 0.6 is 23.2 Å². The van der Waals surface area contributed by atoms with Crippen LogP contribution in [0.5, 0.6) is 5.75 Å². The highest BCUT2D eigenvalue weighted by molar-refractivity contribution is 6.36. The zero-order valence-electron chi connectivity index (χ0n) is 20.3. The molecule has 194 valence electrons. The van der Waals surface area contributed by atoms with Gasteiger partial charge in [0.1, 0.15) is 12.3 Å². The molecule has 1 heterocycles. The van der Waals surface area contributed by atoms with E-state index in [9.17, 15) is 24.0 Å². The highest BCUT2D eigenvalue weighted by atomic mass is 35.5. The molecule has 0 radical (unpaired) electrons. The number of ketones is 1. The van der Waals surface area contributed by atoms with Gasteiger partial charge in [0, 0.05) is 23.4 Å². The molecule has 0 bridgehead atoms. The molecule has 1 aliphatic heterocycles. The molecule has 1 aliphatic rings. The van der Waals surface area contributed by atoms with Gasteiger partial charge in [0.05, 0.1) is 16.1 Å². The molecule has 1 saturated heterocycles. The summed E-state index contributed by atoms with van der Waals surface area (Å²) in [5, 5.41) is 1.83. The van der Waals surface area contributed by atoms with Crippen molar-refractivity contribution in [3.63, 3.8) is 0 Å². The summed E-state index contributed by atoms with van der Waals surface area (Å²) in [5.74, 6) is -2.87. The van der Waals surface area contributed by atoms with Crippen molar-refractivity contribution in [2.45, 2.75) is 26.2 Å². The summed E-state index contributed by atoms with van der Waals surface area (Å²) in [6, 6.07) is 16.8. The van der Waals surface area contributed by atoms with Crippen LogP contribution in [0.15, 0.2) is 66.7 Å². The van der Waals surface area contributed by atoms with Crippen molar-refractivity contribution in [2.24, 2.45) is 0 Å². The summed E-state index contributed by atoms with van der Waals surface area (Å²) in [6.45, 7) is 1.30. The van der Waals surface area contributed by atoms with E-state index >= 15 is 0 Å². The van der Waals surface area contributed by atoms with E-state index in [1.54, 1.807) is 24.3 Å². The zero-order valence-corrected chi connectivity index (χ0v) is 21.8. The number of Topliss-reactive ketones (excluding diaryl/α,β-unsaturated/α-hetero) is 1. The molecule has 38 heavy (non-hydrogen) atoms. The summed E-state index contributed by atoms with van der Waals surface area (Å²) in [7, 11) is 0. The second-order valence-corrected chi connectivity index (χ2v) is 9.49. The van der Waals surface area contributed by atoms with Gasteiger partial charge >= 0.3 is 5.97 Å². The lowest BCUT2D eigenvalue weighted by Crippen LogP contribution is -2.56. The maximum atomic E-state index is 13.4. The third kappa shape index (κ3) is 6.10. The fraction of sp³-hybridized carbons (Fsp3) is 0.179. The van der Waals surface area contributed by atoms with Crippen LogP contribution in [-0.4, -0.2) is 46.0 Å². The lowest BCUT2D eigenvalue weighted by Gasteiger charge is -2.35. The van der Waals surface area contributed by atoms with Gasteiger partial charge in [0.25, 0.3) is 5.91 Å². The number of benzene rings is 3. The minimum Gasteiger partial charge on any atom is -0.423 e. The molecule has 0 atom stereocenters. The quantitative estimate of drug-likeness (QED) is 0.170. The second-order valence-electron chi connectivity index (χ2n) is 8.64. The van der Waals surface area contributed by atoms with Gasteiger partial charge in [-0.15, -0.1) is 0 Å².